The fraction of sp³-hybridized carbons (Fsp3) is 0.667. The molecule has 0 spiro atoms. The van der Waals surface area contributed by atoms with Crippen LogP contribution in [0.3, 0.4) is 0 Å². The lowest BCUT2D eigenvalue weighted by atomic mass is 9.89. The molecule has 152 valence electrons. The first kappa shape index (κ1) is 19.3. The van der Waals surface area contributed by atoms with Crippen LogP contribution in [-0.2, 0) is 4.74 Å². The highest BCUT2D eigenvalue weighted by Crippen LogP contribution is 2.35. The van der Waals surface area contributed by atoms with Gasteiger partial charge in [-0.3, -0.25) is 4.90 Å². The summed E-state index contributed by atoms with van der Waals surface area (Å²) in [7, 11) is 1.65. The molecule has 2 aliphatic rings. The van der Waals surface area contributed by atoms with Crippen molar-refractivity contribution in [2.75, 3.05) is 33.4 Å². The smallest absolute Gasteiger partial charge is 0.244 e. The van der Waals surface area contributed by atoms with Crippen LogP contribution in [0.15, 0.2) is 22.9 Å². The fourth-order valence-corrected chi connectivity index (χ4v) is 4.37. The summed E-state index contributed by atoms with van der Waals surface area (Å²) in [4.78, 5) is 11.5. The lowest BCUT2D eigenvalue weighted by molar-refractivity contribution is 0.144. The predicted octanol–water partition coefficient (Wildman–Crippen LogP) is 3.87. The molecule has 1 aliphatic carbocycles. The van der Waals surface area contributed by atoms with Gasteiger partial charge in [-0.15, -0.1) is 0 Å². The van der Waals surface area contributed by atoms with Crippen LogP contribution >= 0.6 is 0 Å². The Labute approximate surface area is 166 Å². The summed E-state index contributed by atoms with van der Waals surface area (Å²) in [6, 6.07) is 3.98. The van der Waals surface area contributed by atoms with E-state index in [4.69, 9.17) is 19.0 Å². The minimum absolute atomic E-state index is 0.252. The zero-order valence-corrected chi connectivity index (χ0v) is 16.7. The SMILES string of the molecule is COCCOc1cc(-c2noc([C@@H]3CCCN3CC3CCCCC3)n2)ccn1. The third kappa shape index (κ3) is 4.70. The lowest BCUT2D eigenvalue weighted by Gasteiger charge is -2.29. The summed E-state index contributed by atoms with van der Waals surface area (Å²) in [6.07, 6.45) is 10.9. The molecule has 1 saturated carbocycles. The van der Waals surface area contributed by atoms with Crippen molar-refractivity contribution in [3.63, 3.8) is 0 Å². The topological polar surface area (TPSA) is 73.5 Å². The van der Waals surface area contributed by atoms with Gasteiger partial charge in [0.25, 0.3) is 0 Å². The first-order chi connectivity index (χ1) is 13.8. The van der Waals surface area contributed by atoms with Crippen LogP contribution in [0.25, 0.3) is 11.4 Å². The van der Waals surface area contributed by atoms with Crippen LogP contribution in [0.1, 0.15) is 56.9 Å². The molecule has 28 heavy (non-hydrogen) atoms. The molecule has 1 saturated heterocycles. The third-order valence-electron chi connectivity index (χ3n) is 5.84. The van der Waals surface area contributed by atoms with E-state index in [1.165, 1.54) is 38.5 Å². The summed E-state index contributed by atoms with van der Waals surface area (Å²) in [5.41, 5.74) is 0.856. The van der Waals surface area contributed by atoms with E-state index in [1.807, 2.05) is 12.1 Å². The van der Waals surface area contributed by atoms with E-state index in [1.54, 1.807) is 13.3 Å². The predicted molar refractivity (Wildman–Crippen MR) is 105 cm³/mol. The van der Waals surface area contributed by atoms with Crippen molar-refractivity contribution < 1.29 is 14.0 Å². The van der Waals surface area contributed by atoms with E-state index >= 15 is 0 Å². The molecule has 1 atom stereocenters. The minimum atomic E-state index is 0.252. The van der Waals surface area contributed by atoms with Crippen LogP contribution < -0.4 is 4.74 Å². The number of rotatable bonds is 8. The minimum Gasteiger partial charge on any atom is -0.475 e. The number of hydrogen-bond donors (Lipinski definition) is 0. The second-order valence-corrected chi connectivity index (χ2v) is 7.84. The molecule has 4 rings (SSSR count). The maximum atomic E-state index is 5.68. The number of likely N-dealkylation sites (tertiary alicyclic amines) is 1. The highest BCUT2D eigenvalue weighted by molar-refractivity contribution is 5.55. The van der Waals surface area contributed by atoms with Gasteiger partial charge in [0, 0.05) is 31.5 Å². The summed E-state index contributed by atoms with van der Waals surface area (Å²) in [6.45, 7) is 3.28. The average Bonchev–Trinajstić information content (AvgIpc) is 3.39. The summed E-state index contributed by atoms with van der Waals surface area (Å²) >= 11 is 0. The Morgan fingerprint density at radius 1 is 1.14 bits per heavy atom. The van der Waals surface area contributed by atoms with Gasteiger partial charge in [-0.1, -0.05) is 24.4 Å². The molecular weight excluding hydrogens is 356 g/mol. The Kier molecular flexibility index (Phi) is 6.54. The molecule has 3 heterocycles. The van der Waals surface area contributed by atoms with Crippen molar-refractivity contribution in [1.29, 1.82) is 0 Å². The van der Waals surface area contributed by atoms with Crippen LogP contribution in [0.5, 0.6) is 5.88 Å². The summed E-state index contributed by atoms with van der Waals surface area (Å²) in [5, 5.41) is 4.23. The standard InChI is InChI=1S/C21H30N4O3/c1-26-12-13-27-19-14-17(9-10-22-19)20-23-21(28-24-20)18-8-5-11-25(18)15-16-6-3-2-4-7-16/h9-10,14,16,18H,2-8,11-13,15H2,1H3/t18-/m0/s1. The zero-order chi connectivity index (χ0) is 19.2. The number of aromatic nitrogens is 3. The number of hydrogen-bond acceptors (Lipinski definition) is 7. The van der Waals surface area contributed by atoms with Gasteiger partial charge in [-0.25, -0.2) is 4.98 Å². The largest absolute Gasteiger partial charge is 0.475 e. The van der Waals surface area contributed by atoms with Crippen molar-refractivity contribution in [1.82, 2.24) is 20.0 Å². The van der Waals surface area contributed by atoms with Gasteiger partial charge in [0.1, 0.15) is 6.61 Å². The van der Waals surface area contributed by atoms with Gasteiger partial charge < -0.3 is 14.0 Å². The van der Waals surface area contributed by atoms with Crippen LogP contribution in [0.4, 0.5) is 0 Å². The molecule has 7 nitrogen and oxygen atoms in total. The maximum Gasteiger partial charge on any atom is 0.244 e. The summed E-state index contributed by atoms with van der Waals surface area (Å²) < 4.78 is 16.3. The molecule has 0 unspecified atom stereocenters. The lowest BCUT2D eigenvalue weighted by Crippen LogP contribution is -2.30. The Bertz CT molecular complexity index is 745. The zero-order valence-electron chi connectivity index (χ0n) is 16.7. The molecule has 1 aliphatic heterocycles. The van der Waals surface area contributed by atoms with Crippen molar-refractivity contribution in [2.24, 2.45) is 5.92 Å². The average molecular weight is 386 g/mol. The van der Waals surface area contributed by atoms with Crippen LogP contribution in [-0.4, -0.2) is 53.4 Å². The first-order valence-corrected chi connectivity index (χ1v) is 10.5. The number of methoxy groups -OCH3 is 1. The molecule has 0 N–H and O–H groups in total. The molecule has 2 aromatic heterocycles. The number of nitrogens with zero attached hydrogens (tertiary/aromatic N) is 4. The molecule has 2 fully saturated rings. The number of ether oxygens (including phenoxy) is 2. The van der Waals surface area contributed by atoms with Gasteiger partial charge in [0.05, 0.1) is 12.6 Å². The van der Waals surface area contributed by atoms with E-state index in [2.05, 4.69) is 15.0 Å². The summed E-state index contributed by atoms with van der Waals surface area (Å²) in [5.74, 6) is 2.70. The van der Waals surface area contributed by atoms with E-state index < -0.39 is 0 Å². The van der Waals surface area contributed by atoms with Gasteiger partial charge in [0.2, 0.25) is 17.6 Å². The second kappa shape index (κ2) is 9.47. The highest BCUT2D eigenvalue weighted by atomic mass is 16.5. The molecule has 0 bridgehead atoms. The van der Waals surface area contributed by atoms with Crippen molar-refractivity contribution in [3.8, 4) is 17.3 Å². The number of pyridine rings is 1. The van der Waals surface area contributed by atoms with E-state index in [-0.39, 0.29) is 6.04 Å². The van der Waals surface area contributed by atoms with Gasteiger partial charge >= 0.3 is 0 Å². The first-order valence-electron chi connectivity index (χ1n) is 10.5. The Hall–Kier alpha value is -1.99. The fourth-order valence-electron chi connectivity index (χ4n) is 4.37. The van der Waals surface area contributed by atoms with E-state index in [0.29, 0.717) is 24.9 Å². The van der Waals surface area contributed by atoms with Gasteiger partial charge in [0.15, 0.2) is 0 Å². The van der Waals surface area contributed by atoms with Gasteiger partial charge in [-0.2, -0.15) is 4.98 Å². The highest BCUT2D eigenvalue weighted by Gasteiger charge is 2.32. The normalized spacial score (nSPS) is 21.2. The second-order valence-electron chi connectivity index (χ2n) is 7.84. The monoisotopic (exact) mass is 386 g/mol. The Balaban J connectivity index is 1.42. The van der Waals surface area contributed by atoms with Crippen LogP contribution in [0.2, 0.25) is 0 Å². The van der Waals surface area contributed by atoms with Crippen molar-refractivity contribution in [2.45, 2.75) is 51.0 Å². The quantitative estimate of drug-likeness (QED) is 0.638. The Morgan fingerprint density at radius 3 is 2.89 bits per heavy atom. The molecule has 0 radical (unpaired) electrons. The van der Waals surface area contributed by atoms with Gasteiger partial charge in [-0.05, 0) is 44.2 Å². The maximum absolute atomic E-state index is 5.68. The molecule has 2 aromatic rings. The molecule has 7 heteroatoms. The molecular formula is C21H30N4O3. The van der Waals surface area contributed by atoms with Crippen LogP contribution in [0, 0.1) is 5.92 Å². The Morgan fingerprint density at radius 2 is 2.04 bits per heavy atom. The van der Waals surface area contributed by atoms with E-state index in [0.717, 1.165) is 36.9 Å². The third-order valence-corrected chi connectivity index (χ3v) is 5.84. The van der Waals surface area contributed by atoms with Crippen molar-refractivity contribution >= 4 is 0 Å². The van der Waals surface area contributed by atoms with Crippen molar-refractivity contribution in [3.05, 3.63) is 24.2 Å². The molecule has 0 aromatic carbocycles. The molecule has 0 amide bonds. The van der Waals surface area contributed by atoms with E-state index in [9.17, 15) is 0 Å².